The normalized spacial score (nSPS) is 10.6. The van der Waals surface area contributed by atoms with Crippen LogP contribution in [0.15, 0.2) is 11.1 Å². The van der Waals surface area contributed by atoms with E-state index in [9.17, 15) is 0 Å². The first-order valence-corrected chi connectivity index (χ1v) is 4.84. The van der Waals surface area contributed by atoms with Crippen molar-refractivity contribution in [1.82, 2.24) is 0 Å². The Labute approximate surface area is 52.2 Å². The molecule has 0 spiro atoms. The van der Waals surface area contributed by atoms with Crippen LogP contribution in [0.25, 0.3) is 0 Å². The molecule has 0 nitrogen and oxygen atoms in total. The summed E-state index contributed by atoms with van der Waals surface area (Å²) >= 11 is 0.795. The molecule has 0 N–H and O–H groups in total. The fourth-order valence-electron chi connectivity index (χ4n) is 0.282. The standard InChI is InChI=1S/C6H12Se/c1-3-5-7-6-4-2/h3,5H,4,6H2,1-2H3/b5-3-. The Balaban J connectivity index is 2.69. The molecule has 0 aromatic carbocycles. The molecule has 0 aromatic heterocycles. The Morgan fingerprint density at radius 1 is 1.57 bits per heavy atom. The fraction of sp³-hybridized carbons (Fsp3) is 0.667. The van der Waals surface area contributed by atoms with Gasteiger partial charge < -0.3 is 0 Å². The summed E-state index contributed by atoms with van der Waals surface area (Å²) < 4.78 is 0. The summed E-state index contributed by atoms with van der Waals surface area (Å²) in [7, 11) is 0. The van der Waals surface area contributed by atoms with Crippen molar-refractivity contribution < 1.29 is 0 Å². The van der Waals surface area contributed by atoms with Gasteiger partial charge in [0.15, 0.2) is 0 Å². The summed E-state index contributed by atoms with van der Waals surface area (Å²) in [5, 5.41) is 1.40. The van der Waals surface area contributed by atoms with E-state index in [1.807, 2.05) is 0 Å². The molecule has 0 heterocycles. The van der Waals surface area contributed by atoms with Crippen LogP contribution in [0.4, 0.5) is 0 Å². The third kappa shape index (κ3) is 6.26. The van der Waals surface area contributed by atoms with Gasteiger partial charge in [-0.15, -0.1) is 0 Å². The molecule has 0 aromatic rings. The third-order valence-electron chi connectivity index (χ3n) is 0.554. The van der Waals surface area contributed by atoms with Gasteiger partial charge in [-0.05, 0) is 0 Å². The van der Waals surface area contributed by atoms with Crippen molar-refractivity contribution in [3.05, 3.63) is 11.1 Å². The molecule has 0 aliphatic carbocycles. The van der Waals surface area contributed by atoms with Gasteiger partial charge in [-0.2, -0.15) is 0 Å². The minimum absolute atomic E-state index is 0.795. The monoisotopic (exact) mass is 164 g/mol. The SMILES string of the molecule is C/C=C\[Se]CCC. The topological polar surface area (TPSA) is 0 Å². The van der Waals surface area contributed by atoms with E-state index in [4.69, 9.17) is 0 Å². The summed E-state index contributed by atoms with van der Waals surface area (Å²) in [4.78, 5) is 2.27. The van der Waals surface area contributed by atoms with Crippen LogP contribution in [0.1, 0.15) is 20.3 Å². The van der Waals surface area contributed by atoms with Gasteiger partial charge in [0.1, 0.15) is 0 Å². The summed E-state index contributed by atoms with van der Waals surface area (Å²) in [6.45, 7) is 4.31. The molecule has 7 heavy (non-hydrogen) atoms. The molecule has 42 valence electrons. The molecule has 0 rings (SSSR count). The second kappa shape index (κ2) is 6.26. The van der Waals surface area contributed by atoms with Gasteiger partial charge in [-0.3, -0.25) is 0 Å². The Morgan fingerprint density at radius 3 is 2.71 bits per heavy atom. The van der Waals surface area contributed by atoms with Crippen molar-refractivity contribution in [2.75, 3.05) is 0 Å². The van der Waals surface area contributed by atoms with Crippen LogP contribution >= 0.6 is 0 Å². The van der Waals surface area contributed by atoms with E-state index >= 15 is 0 Å². The van der Waals surface area contributed by atoms with Crippen LogP contribution in [0.3, 0.4) is 0 Å². The molecule has 0 saturated carbocycles. The van der Waals surface area contributed by atoms with E-state index in [1.54, 1.807) is 0 Å². The van der Waals surface area contributed by atoms with Crippen molar-refractivity contribution in [1.29, 1.82) is 0 Å². The summed E-state index contributed by atoms with van der Waals surface area (Å²) in [6, 6.07) is 0. The van der Waals surface area contributed by atoms with Gasteiger partial charge in [0.25, 0.3) is 0 Å². The van der Waals surface area contributed by atoms with E-state index in [0.29, 0.717) is 0 Å². The van der Waals surface area contributed by atoms with E-state index in [2.05, 4.69) is 24.9 Å². The van der Waals surface area contributed by atoms with Crippen molar-refractivity contribution in [2.45, 2.75) is 25.6 Å². The Hall–Kier alpha value is 0.259. The van der Waals surface area contributed by atoms with Gasteiger partial charge in [0, 0.05) is 0 Å². The zero-order valence-electron chi connectivity index (χ0n) is 4.98. The Morgan fingerprint density at radius 2 is 2.29 bits per heavy atom. The molecule has 0 amide bonds. The number of allylic oxidation sites excluding steroid dienone is 1. The van der Waals surface area contributed by atoms with Crippen molar-refractivity contribution in [3.63, 3.8) is 0 Å². The zero-order chi connectivity index (χ0) is 5.54. The first-order valence-electron chi connectivity index (χ1n) is 2.64. The van der Waals surface area contributed by atoms with Crippen LogP contribution in [0.5, 0.6) is 0 Å². The molecule has 0 radical (unpaired) electrons. The van der Waals surface area contributed by atoms with Gasteiger partial charge in [0.05, 0.1) is 0 Å². The Kier molecular flexibility index (Phi) is 6.49. The van der Waals surface area contributed by atoms with Crippen LogP contribution in [0.2, 0.25) is 5.32 Å². The third-order valence-corrected chi connectivity index (χ3v) is 2.88. The second-order valence-electron chi connectivity index (χ2n) is 1.34. The first kappa shape index (κ1) is 7.26. The zero-order valence-corrected chi connectivity index (χ0v) is 6.69. The average molecular weight is 163 g/mol. The van der Waals surface area contributed by atoms with Crippen molar-refractivity contribution in [3.8, 4) is 0 Å². The molecule has 0 bridgehead atoms. The fourth-order valence-corrected chi connectivity index (χ4v) is 1.47. The Bertz CT molecular complexity index is 48.1. The van der Waals surface area contributed by atoms with Gasteiger partial charge >= 0.3 is 51.6 Å². The van der Waals surface area contributed by atoms with E-state index in [1.165, 1.54) is 11.7 Å². The number of rotatable bonds is 3. The van der Waals surface area contributed by atoms with Crippen LogP contribution in [-0.2, 0) is 0 Å². The molecule has 0 atom stereocenters. The van der Waals surface area contributed by atoms with Crippen LogP contribution in [0, 0.1) is 0 Å². The predicted octanol–water partition coefficient (Wildman–Crippen LogP) is 2.05. The molecule has 1 heteroatoms. The minimum atomic E-state index is 0.795. The summed E-state index contributed by atoms with van der Waals surface area (Å²) in [5.41, 5.74) is 0. The quantitative estimate of drug-likeness (QED) is 0.441. The molecular formula is C6H12Se. The summed E-state index contributed by atoms with van der Waals surface area (Å²) in [6.07, 6.45) is 3.47. The summed E-state index contributed by atoms with van der Waals surface area (Å²) in [5.74, 6) is 0. The van der Waals surface area contributed by atoms with Crippen LogP contribution in [-0.4, -0.2) is 15.0 Å². The van der Waals surface area contributed by atoms with Crippen molar-refractivity contribution >= 4 is 15.0 Å². The van der Waals surface area contributed by atoms with E-state index < -0.39 is 0 Å². The molecule has 0 unspecified atom stereocenters. The molecular weight excluding hydrogens is 151 g/mol. The maximum atomic E-state index is 2.27. The van der Waals surface area contributed by atoms with E-state index in [0.717, 1.165) is 15.0 Å². The second-order valence-corrected chi connectivity index (χ2v) is 3.47. The molecule has 0 saturated heterocycles. The molecule has 0 aliphatic rings. The number of hydrogen-bond acceptors (Lipinski definition) is 0. The maximum absolute atomic E-state index is 2.27. The van der Waals surface area contributed by atoms with Gasteiger partial charge in [-0.25, -0.2) is 0 Å². The average Bonchev–Trinajstić information content (AvgIpc) is 1.69. The first-order chi connectivity index (χ1) is 3.41. The van der Waals surface area contributed by atoms with Crippen LogP contribution < -0.4 is 0 Å². The molecule has 0 fully saturated rings. The molecule has 0 aliphatic heterocycles. The van der Waals surface area contributed by atoms with Gasteiger partial charge in [0.2, 0.25) is 0 Å². The predicted molar refractivity (Wildman–Crippen MR) is 35.7 cm³/mol. The van der Waals surface area contributed by atoms with E-state index in [-0.39, 0.29) is 0 Å². The van der Waals surface area contributed by atoms with Crippen molar-refractivity contribution in [2.24, 2.45) is 0 Å². The number of hydrogen-bond donors (Lipinski definition) is 0. The van der Waals surface area contributed by atoms with Gasteiger partial charge in [-0.1, -0.05) is 0 Å².